The van der Waals surface area contributed by atoms with Crippen LogP contribution in [0.2, 0.25) is 0 Å². The minimum atomic E-state index is -0.922. The molecule has 0 aliphatic carbocycles. The summed E-state index contributed by atoms with van der Waals surface area (Å²) >= 11 is 0. The summed E-state index contributed by atoms with van der Waals surface area (Å²) in [6.07, 6.45) is 2.81. The largest absolute Gasteiger partial charge is 0.465 e. The second kappa shape index (κ2) is 8.61. The van der Waals surface area contributed by atoms with E-state index in [0.717, 1.165) is 44.6 Å². The van der Waals surface area contributed by atoms with Crippen molar-refractivity contribution in [3.05, 3.63) is 39.4 Å². The normalized spacial score (nSPS) is 19.3. The van der Waals surface area contributed by atoms with Crippen molar-refractivity contribution in [2.45, 2.75) is 45.2 Å². The number of esters is 2. The molecule has 9 nitrogen and oxygen atoms in total. The summed E-state index contributed by atoms with van der Waals surface area (Å²) in [5, 5.41) is 11.0. The van der Waals surface area contributed by atoms with Crippen molar-refractivity contribution >= 4 is 23.5 Å². The zero-order valence-corrected chi connectivity index (χ0v) is 15.5. The number of methoxy groups -OCH3 is 1. The van der Waals surface area contributed by atoms with E-state index in [0.29, 0.717) is 0 Å². The number of hydrogen-bond donors (Lipinski definition) is 0. The fourth-order valence-corrected chi connectivity index (χ4v) is 3.27. The van der Waals surface area contributed by atoms with Gasteiger partial charge in [0.2, 0.25) is 0 Å². The van der Waals surface area contributed by atoms with Crippen LogP contribution in [0.5, 0.6) is 0 Å². The lowest BCUT2D eigenvalue weighted by atomic mass is 9.97. The monoisotopic (exact) mass is 378 g/mol. The summed E-state index contributed by atoms with van der Waals surface area (Å²) < 4.78 is 9.57. The third kappa shape index (κ3) is 4.81. The Kier molecular flexibility index (Phi) is 6.49. The fourth-order valence-electron chi connectivity index (χ4n) is 3.27. The Balaban J connectivity index is 2.13. The summed E-state index contributed by atoms with van der Waals surface area (Å²) in [6.45, 7) is 3.42. The molecule has 1 aromatic rings. The highest BCUT2D eigenvalue weighted by Crippen LogP contribution is 2.23. The second-order valence-corrected chi connectivity index (χ2v) is 6.52. The van der Waals surface area contributed by atoms with E-state index in [1.807, 2.05) is 13.8 Å². The van der Waals surface area contributed by atoms with E-state index in [-0.39, 0.29) is 29.1 Å². The van der Waals surface area contributed by atoms with E-state index in [2.05, 4.69) is 4.74 Å². The van der Waals surface area contributed by atoms with Crippen LogP contribution >= 0.6 is 0 Å². The van der Waals surface area contributed by atoms with Crippen molar-refractivity contribution in [1.29, 1.82) is 0 Å². The van der Waals surface area contributed by atoms with Crippen LogP contribution < -0.4 is 0 Å². The molecule has 2 unspecified atom stereocenters. The average molecular weight is 378 g/mol. The van der Waals surface area contributed by atoms with Crippen LogP contribution in [0.15, 0.2) is 18.2 Å². The molecule has 2 atom stereocenters. The van der Waals surface area contributed by atoms with Gasteiger partial charge >= 0.3 is 11.9 Å². The Morgan fingerprint density at radius 2 is 1.67 bits per heavy atom. The lowest BCUT2D eigenvalue weighted by molar-refractivity contribution is -0.384. The number of ether oxygens (including phenoxy) is 2. The molecule has 27 heavy (non-hydrogen) atoms. The highest BCUT2D eigenvalue weighted by atomic mass is 16.6. The number of amides is 1. The van der Waals surface area contributed by atoms with E-state index < -0.39 is 29.2 Å². The number of nitrogens with zero attached hydrogens (tertiary/aromatic N) is 2. The number of non-ortho nitro benzene ring substituents is 1. The Labute approximate surface area is 156 Å². The molecule has 1 saturated heterocycles. The molecule has 1 heterocycles. The number of likely N-dealkylation sites (tertiary alicyclic amines) is 1. The number of piperidine rings is 1. The standard InChI is InChI=1S/C18H22N2O7/c1-11-5-4-6-12(2)19(11)16(21)10-27-18(23)14-7-13(17(22)26-3)8-15(9-14)20(24)25/h7-9,11-12H,4-6,10H2,1-3H3. The maximum Gasteiger partial charge on any atom is 0.338 e. The minimum absolute atomic E-state index is 0.0590. The molecular formula is C18H22N2O7. The highest BCUT2D eigenvalue weighted by molar-refractivity contribution is 5.97. The number of carbonyl (C=O) groups is 3. The highest BCUT2D eigenvalue weighted by Gasteiger charge is 2.29. The van der Waals surface area contributed by atoms with Crippen molar-refractivity contribution in [2.24, 2.45) is 0 Å². The summed E-state index contributed by atoms with van der Waals surface area (Å²) in [5.41, 5.74) is -0.796. The third-order valence-electron chi connectivity index (χ3n) is 4.59. The lowest BCUT2D eigenvalue weighted by Gasteiger charge is -2.38. The second-order valence-electron chi connectivity index (χ2n) is 6.52. The van der Waals surface area contributed by atoms with Gasteiger partial charge in [0.1, 0.15) is 0 Å². The van der Waals surface area contributed by atoms with E-state index in [1.54, 1.807) is 4.90 Å². The molecule has 0 N–H and O–H groups in total. The Bertz CT molecular complexity index is 752. The molecule has 9 heteroatoms. The molecule has 146 valence electrons. The van der Waals surface area contributed by atoms with E-state index in [9.17, 15) is 24.5 Å². The van der Waals surface area contributed by atoms with Crippen LogP contribution in [-0.4, -0.2) is 53.5 Å². The van der Waals surface area contributed by atoms with Crippen molar-refractivity contribution in [2.75, 3.05) is 13.7 Å². The fraction of sp³-hybridized carbons (Fsp3) is 0.500. The molecule has 0 bridgehead atoms. The predicted molar refractivity (Wildman–Crippen MR) is 94.3 cm³/mol. The molecule has 0 saturated carbocycles. The minimum Gasteiger partial charge on any atom is -0.465 e. The van der Waals surface area contributed by atoms with Crippen molar-refractivity contribution < 1.29 is 28.8 Å². The third-order valence-corrected chi connectivity index (χ3v) is 4.59. The van der Waals surface area contributed by atoms with Crippen LogP contribution in [0, 0.1) is 10.1 Å². The molecule has 1 aliphatic rings. The first-order valence-electron chi connectivity index (χ1n) is 8.60. The quantitative estimate of drug-likeness (QED) is 0.438. The van der Waals surface area contributed by atoms with Crippen LogP contribution in [-0.2, 0) is 14.3 Å². The first-order chi connectivity index (χ1) is 12.7. The molecule has 0 spiro atoms. The molecule has 1 aliphatic heterocycles. The molecular weight excluding hydrogens is 356 g/mol. The molecule has 2 rings (SSSR count). The van der Waals surface area contributed by atoms with Gasteiger partial charge in [0, 0.05) is 24.2 Å². The predicted octanol–water partition coefficient (Wildman–Crippen LogP) is 2.33. The van der Waals surface area contributed by atoms with Gasteiger partial charge < -0.3 is 14.4 Å². The first-order valence-corrected chi connectivity index (χ1v) is 8.60. The number of nitro benzene ring substituents is 1. The molecule has 1 fully saturated rings. The topological polar surface area (TPSA) is 116 Å². The van der Waals surface area contributed by atoms with Crippen molar-refractivity contribution in [1.82, 2.24) is 4.90 Å². The Morgan fingerprint density at radius 1 is 1.11 bits per heavy atom. The van der Waals surface area contributed by atoms with Gasteiger partial charge in [-0.3, -0.25) is 14.9 Å². The summed E-state index contributed by atoms with van der Waals surface area (Å²) in [5.74, 6) is -2.06. The van der Waals surface area contributed by atoms with Gasteiger partial charge in [0.25, 0.3) is 11.6 Å². The van der Waals surface area contributed by atoms with E-state index in [4.69, 9.17) is 4.74 Å². The van der Waals surface area contributed by atoms with Gasteiger partial charge in [-0.15, -0.1) is 0 Å². The number of hydrogen-bond acceptors (Lipinski definition) is 7. The van der Waals surface area contributed by atoms with E-state index in [1.165, 1.54) is 0 Å². The zero-order chi connectivity index (χ0) is 20.1. The number of benzene rings is 1. The van der Waals surface area contributed by atoms with Gasteiger partial charge in [-0.2, -0.15) is 0 Å². The van der Waals surface area contributed by atoms with Crippen LogP contribution in [0.3, 0.4) is 0 Å². The smallest absolute Gasteiger partial charge is 0.338 e. The van der Waals surface area contributed by atoms with Crippen LogP contribution in [0.25, 0.3) is 0 Å². The summed E-state index contributed by atoms with van der Waals surface area (Å²) in [6, 6.07) is 3.25. The van der Waals surface area contributed by atoms with Gasteiger partial charge in [-0.25, -0.2) is 9.59 Å². The molecule has 0 aromatic heterocycles. The van der Waals surface area contributed by atoms with Crippen LogP contribution in [0.1, 0.15) is 53.8 Å². The molecule has 0 radical (unpaired) electrons. The number of rotatable bonds is 5. The average Bonchev–Trinajstić information content (AvgIpc) is 2.64. The van der Waals surface area contributed by atoms with Gasteiger partial charge in [-0.1, -0.05) is 0 Å². The Hall–Kier alpha value is -2.97. The molecule has 1 amide bonds. The van der Waals surface area contributed by atoms with Crippen LogP contribution in [0.4, 0.5) is 5.69 Å². The Morgan fingerprint density at radius 3 is 2.19 bits per heavy atom. The van der Waals surface area contributed by atoms with Gasteiger partial charge in [-0.05, 0) is 39.2 Å². The van der Waals surface area contributed by atoms with E-state index >= 15 is 0 Å². The maximum atomic E-state index is 12.4. The molecule has 1 aromatic carbocycles. The van der Waals surface area contributed by atoms with Gasteiger partial charge in [0.15, 0.2) is 6.61 Å². The summed E-state index contributed by atoms with van der Waals surface area (Å²) in [4.78, 5) is 48.3. The van der Waals surface area contributed by atoms with Gasteiger partial charge in [0.05, 0.1) is 23.2 Å². The first kappa shape index (κ1) is 20.3. The number of nitro groups is 1. The SMILES string of the molecule is COC(=O)c1cc(C(=O)OCC(=O)N2C(C)CCCC2C)cc([N+](=O)[O-])c1. The number of carbonyl (C=O) groups excluding carboxylic acids is 3. The van der Waals surface area contributed by atoms with Crippen molar-refractivity contribution in [3.63, 3.8) is 0 Å². The maximum absolute atomic E-state index is 12.4. The van der Waals surface area contributed by atoms with Crippen molar-refractivity contribution in [3.8, 4) is 0 Å². The summed E-state index contributed by atoms with van der Waals surface area (Å²) in [7, 11) is 1.12. The zero-order valence-electron chi connectivity index (χ0n) is 15.5. The lowest BCUT2D eigenvalue weighted by Crippen LogP contribution is -2.49.